The van der Waals surface area contributed by atoms with Crippen molar-refractivity contribution >= 4 is 11.8 Å². The maximum absolute atomic E-state index is 12.5. The normalized spacial score (nSPS) is 18.0. The molecule has 0 aromatic heterocycles. The van der Waals surface area contributed by atoms with Crippen LogP contribution in [0.1, 0.15) is 13.3 Å². The minimum Gasteiger partial charge on any atom is -0.481 e. The number of hydrogen-bond acceptors (Lipinski definition) is 3. The quantitative estimate of drug-likeness (QED) is 0.910. The molecule has 3 rings (SSSR count). The van der Waals surface area contributed by atoms with E-state index in [4.69, 9.17) is 10.5 Å². The highest BCUT2D eigenvalue weighted by molar-refractivity contribution is 5.83. The molecular formula is C20H22N2O3. The molecule has 1 heterocycles. The Morgan fingerprint density at radius 3 is 2.32 bits per heavy atom. The Kier molecular flexibility index (Phi) is 5.03. The van der Waals surface area contributed by atoms with Crippen LogP contribution in [0, 0.1) is 5.92 Å². The maximum atomic E-state index is 12.5. The van der Waals surface area contributed by atoms with Gasteiger partial charge in [0.15, 0.2) is 6.10 Å². The zero-order chi connectivity index (χ0) is 17.8. The van der Waals surface area contributed by atoms with Crippen LogP contribution in [0.2, 0.25) is 0 Å². The first-order valence-corrected chi connectivity index (χ1v) is 8.45. The van der Waals surface area contributed by atoms with E-state index in [2.05, 4.69) is 0 Å². The lowest BCUT2D eigenvalue weighted by Crippen LogP contribution is -2.40. The van der Waals surface area contributed by atoms with E-state index in [-0.39, 0.29) is 17.7 Å². The second-order valence-electron chi connectivity index (χ2n) is 6.32. The van der Waals surface area contributed by atoms with E-state index in [1.54, 1.807) is 11.8 Å². The predicted molar refractivity (Wildman–Crippen MR) is 95.8 cm³/mol. The summed E-state index contributed by atoms with van der Waals surface area (Å²) in [5.74, 6) is -0.0660. The average molecular weight is 338 g/mol. The Bertz CT molecular complexity index is 743. The summed E-state index contributed by atoms with van der Waals surface area (Å²) in [5.41, 5.74) is 7.54. The van der Waals surface area contributed by atoms with E-state index in [0.29, 0.717) is 25.3 Å². The highest BCUT2D eigenvalue weighted by Crippen LogP contribution is 2.23. The molecule has 1 fully saturated rings. The van der Waals surface area contributed by atoms with Crippen LogP contribution >= 0.6 is 0 Å². The van der Waals surface area contributed by atoms with Crippen molar-refractivity contribution in [3.05, 3.63) is 54.6 Å². The topological polar surface area (TPSA) is 72.6 Å². The van der Waals surface area contributed by atoms with Gasteiger partial charge in [-0.3, -0.25) is 9.59 Å². The second kappa shape index (κ2) is 7.38. The number of nitrogens with two attached hydrogens (primary N) is 1. The number of carbonyl (C=O) groups excluding carboxylic acids is 2. The van der Waals surface area contributed by atoms with Crippen LogP contribution in [0.3, 0.4) is 0 Å². The molecule has 5 heteroatoms. The lowest BCUT2D eigenvalue weighted by molar-refractivity contribution is -0.137. The fraction of sp³-hybridized carbons (Fsp3) is 0.300. The average Bonchev–Trinajstić information content (AvgIpc) is 3.13. The molecule has 2 atom stereocenters. The lowest BCUT2D eigenvalue weighted by atomic mass is 10.1. The predicted octanol–water partition coefficient (Wildman–Crippen LogP) is 2.45. The highest BCUT2D eigenvalue weighted by atomic mass is 16.5. The molecule has 0 aliphatic carbocycles. The van der Waals surface area contributed by atoms with Crippen molar-refractivity contribution in [2.24, 2.45) is 11.7 Å². The van der Waals surface area contributed by atoms with Gasteiger partial charge in [0.2, 0.25) is 5.91 Å². The third-order valence-corrected chi connectivity index (χ3v) is 4.52. The van der Waals surface area contributed by atoms with Gasteiger partial charge in [0.05, 0.1) is 5.92 Å². The molecule has 1 aliphatic rings. The zero-order valence-corrected chi connectivity index (χ0v) is 14.2. The van der Waals surface area contributed by atoms with Crippen LogP contribution in [-0.2, 0) is 9.59 Å². The summed E-state index contributed by atoms with van der Waals surface area (Å²) in [6.45, 7) is 2.66. The number of rotatable bonds is 5. The number of nitrogens with zero attached hydrogens (tertiary/aromatic N) is 1. The molecule has 0 spiro atoms. The highest BCUT2D eigenvalue weighted by Gasteiger charge is 2.32. The van der Waals surface area contributed by atoms with Crippen molar-refractivity contribution in [1.29, 1.82) is 0 Å². The summed E-state index contributed by atoms with van der Waals surface area (Å²) in [4.78, 5) is 25.3. The molecule has 0 unspecified atom stereocenters. The van der Waals surface area contributed by atoms with E-state index in [1.165, 1.54) is 0 Å². The molecular weight excluding hydrogens is 316 g/mol. The van der Waals surface area contributed by atoms with E-state index in [1.807, 2.05) is 54.6 Å². The van der Waals surface area contributed by atoms with Gasteiger partial charge < -0.3 is 15.4 Å². The summed E-state index contributed by atoms with van der Waals surface area (Å²) >= 11 is 0. The summed E-state index contributed by atoms with van der Waals surface area (Å²) in [6, 6.07) is 17.7. The first-order chi connectivity index (χ1) is 12.0. The Morgan fingerprint density at radius 1 is 1.08 bits per heavy atom. The maximum Gasteiger partial charge on any atom is 0.263 e. The van der Waals surface area contributed by atoms with E-state index in [0.717, 1.165) is 11.1 Å². The van der Waals surface area contributed by atoms with Crippen LogP contribution < -0.4 is 10.5 Å². The fourth-order valence-corrected chi connectivity index (χ4v) is 3.06. The van der Waals surface area contributed by atoms with Crippen molar-refractivity contribution in [1.82, 2.24) is 4.90 Å². The third-order valence-electron chi connectivity index (χ3n) is 4.52. The minimum atomic E-state index is -0.603. The molecule has 1 aliphatic heterocycles. The number of amides is 2. The lowest BCUT2D eigenvalue weighted by Gasteiger charge is -2.21. The summed E-state index contributed by atoms with van der Waals surface area (Å²) in [5, 5.41) is 0. The summed E-state index contributed by atoms with van der Waals surface area (Å²) < 4.78 is 5.77. The molecule has 0 radical (unpaired) electrons. The van der Waals surface area contributed by atoms with Crippen molar-refractivity contribution in [3.8, 4) is 16.9 Å². The molecule has 25 heavy (non-hydrogen) atoms. The minimum absolute atomic E-state index is 0.115. The summed E-state index contributed by atoms with van der Waals surface area (Å²) in [6.07, 6.45) is 0.0220. The van der Waals surface area contributed by atoms with Crippen molar-refractivity contribution < 1.29 is 14.3 Å². The van der Waals surface area contributed by atoms with Crippen LogP contribution in [0.15, 0.2) is 54.6 Å². The van der Waals surface area contributed by atoms with Gasteiger partial charge in [-0.2, -0.15) is 0 Å². The van der Waals surface area contributed by atoms with Crippen molar-refractivity contribution in [2.45, 2.75) is 19.4 Å². The monoisotopic (exact) mass is 338 g/mol. The molecule has 130 valence electrons. The van der Waals surface area contributed by atoms with Gasteiger partial charge >= 0.3 is 0 Å². The number of benzene rings is 2. The number of hydrogen-bond donors (Lipinski definition) is 1. The van der Waals surface area contributed by atoms with Crippen LogP contribution in [0.5, 0.6) is 5.75 Å². The third kappa shape index (κ3) is 3.99. The number of ether oxygens (including phenoxy) is 1. The molecule has 2 N–H and O–H groups in total. The van der Waals surface area contributed by atoms with Gasteiger partial charge in [-0.1, -0.05) is 42.5 Å². The molecule has 5 nitrogen and oxygen atoms in total. The molecule has 0 saturated carbocycles. The van der Waals surface area contributed by atoms with Crippen molar-refractivity contribution in [3.63, 3.8) is 0 Å². The standard InChI is InChI=1S/C20H22N2O3/c1-14(20(24)22-12-11-17(13-22)19(21)23)25-18-9-7-16(8-10-18)15-5-3-2-4-6-15/h2-10,14,17H,11-13H2,1H3,(H2,21,23)/t14-,17-/m0/s1. The van der Waals surface area contributed by atoms with Crippen LogP contribution in [0.25, 0.3) is 11.1 Å². The molecule has 1 saturated heterocycles. The number of primary amides is 1. The van der Waals surface area contributed by atoms with Gasteiger partial charge in [-0.15, -0.1) is 0 Å². The SMILES string of the molecule is C[C@H](Oc1ccc(-c2ccccc2)cc1)C(=O)N1CC[C@H](C(N)=O)C1. The van der Waals surface area contributed by atoms with E-state index in [9.17, 15) is 9.59 Å². The van der Waals surface area contributed by atoms with Gasteiger partial charge in [0.1, 0.15) is 5.75 Å². The smallest absolute Gasteiger partial charge is 0.263 e. The Morgan fingerprint density at radius 2 is 1.72 bits per heavy atom. The molecule has 2 aromatic carbocycles. The van der Waals surface area contributed by atoms with Crippen LogP contribution in [0.4, 0.5) is 0 Å². The molecule has 0 bridgehead atoms. The Labute approximate surface area is 147 Å². The number of likely N-dealkylation sites (tertiary alicyclic amines) is 1. The Balaban J connectivity index is 1.60. The molecule has 2 amide bonds. The fourth-order valence-electron chi connectivity index (χ4n) is 3.06. The van der Waals surface area contributed by atoms with Gasteiger partial charge in [-0.05, 0) is 36.6 Å². The first kappa shape index (κ1) is 17.0. The number of carbonyl (C=O) groups is 2. The van der Waals surface area contributed by atoms with Gasteiger partial charge in [0.25, 0.3) is 5.91 Å². The summed E-state index contributed by atoms with van der Waals surface area (Å²) in [7, 11) is 0. The van der Waals surface area contributed by atoms with Gasteiger partial charge in [-0.25, -0.2) is 0 Å². The molecule has 2 aromatic rings. The Hall–Kier alpha value is -2.82. The van der Waals surface area contributed by atoms with Crippen molar-refractivity contribution in [2.75, 3.05) is 13.1 Å². The van der Waals surface area contributed by atoms with Crippen LogP contribution in [-0.4, -0.2) is 35.9 Å². The zero-order valence-electron chi connectivity index (χ0n) is 14.2. The first-order valence-electron chi connectivity index (χ1n) is 8.45. The van der Waals surface area contributed by atoms with E-state index < -0.39 is 6.10 Å². The largest absolute Gasteiger partial charge is 0.481 e. The van der Waals surface area contributed by atoms with E-state index >= 15 is 0 Å². The second-order valence-corrected chi connectivity index (χ2v) is 6.32. The van der Waals surface area contributed by atoms with Gasteiger partial charge in [0, 0.05) is 13.1 Å².